The van der Waals surface area contributed by atoms with Crippen LogP contribution in [0.25, 0.3) is 11.1 Å². The first-order valence-electron chi connectivity index (χ1n) is 8.95. The third-order valence-electron chi connectivity index (χ3n) is 4.55. The Bertz CT molecular complexity index is 1120. The average Bonchev–Trinajstić information content (AvgIpc) is 2.72. The van der Waals surface area contributed by atoms with Crippen LogP contribution >= 0.6 is 0 Å². The van der Waals surface area contributed by atoms with Crippen LogP contribution in [0.5, 0.6) is 0 Å². The van der Waals surface area contributed by atoms with Crippen LogP contribution in [-0.4, -0.2) is 19.2 Å². The summed E-state index contributed by atoms with van der Waals surface area (Å²) in [5.41, 5.74) is 4.86. The molecule has 3 aromatic rings. The van der Waals surface area contributed by atoms with Crippen molar-refractivity contribution in [3.8, 4) is 17.2 Å². The summed E-state index contributed by atoms with van der Waals surface area (Å²) in [6.45, 7) is 3.80. The number of nitrogens with zero attached hydrogens (tertiary/aromatic N) is 3. The van der Waals surface area contributed by atoms with Gasteiger partial charge in [0, 0.05) is 12.4 Å². The fourth-order valence-corrected chi connectivity index (χ4v) is 4.14. The van der Waals surface area contributed by atoms with Crippen molar-refractivity contribution in [2.24, 2.45) is 0 Å². The van der Waals surface area contributed by atoms with Gasteiger partial charge in [-0.05, 0) is 66.4 Å². The second-order valence-electron chi connectivity index (χ2n) is 6.46. The minimum Gasteiger partial charge on any atom is -0.266 e. The number of benzene rings is 2. The summed E-state index contributed by atoms with van der Waals surface area (Å²) in [5, 5.41) is 9.07. The molecule has 0 fully saturated rings. The second kappa shape index (κ2) is 8.24. The fourth-order valence-electron chi connectivity index (χ4n) is 3.05. The van der Waals surface area contributed by atoms with Gasteiger partial charge >= 0.3 is 0 Å². The molecule has 0 atom stereocenters. The lowest BCUT2D eigenvalue weighted by molar-refractivity contribution is 0.591. The molecule has 5 nitrogen and oxygen atoms in total. The molecule has 0 bridgehead atoms. The fraction of sp³-hybridized carbons (Fsp3) is 0.182. The summed E-state index contributed by atoms with van der Waals surface area (Å²) < 4.78 is 27.0. The van der Waals surface area contributed by atoms with E-state index in [0.29, 0.717) is 11.3 Å². The number of sulfonamides is 1. The van der Waals surface area contributed by atoms with Crippen LogP contribution in [0.1, 0.15) is 23.6 Å². The Morgan fingerprint density at radius 1 is 1.11 bits per heavy atom. The van der Waals surface area contributed by atoms with Crippen molar-refractivity contribution >= 4 is 15.7 Å². The third-order valence-corrected chi connectivity index (χ3v) is 6.29. The van der Waals surface area contributed by atoms with Gasteiger partial charge < -0.3 is 0 Å². The van der Waals surface area contributed by atoms with E-state index in [-0.39, 0.29) is 12.3 Å². The molecule has 0 spiro atoms. The number of aryl methyl sites for hydroxylation is 1. The summed E-state index contributed by atoms with van der Waals surface area (Å²) in [7, 11) is -3.47. The van der Waals surface area contributed by atoms with Crippen molar-refractivity contribution in [1.29, 1.82) is 5.26 Å². The Balaban J connectivity index is 2.05. The number of aromatic nitrogens is 1. The van der Waals surface area contributed by atoms with E-state index in [1.54, 1.807) is 37.5 Å². The maximum Gasteiger partial charge on any atom is 0.235 e. The number of rotatable bonds is 6. The number of hydrogen-bond acceptors (Lipinski definition) is 4. The SMILES string of the molecule is CCS(=O)(=O)N(Cc1cccnc1)c1cccc(-c2ccc(C#N)cc2C)c1. The van der Waals surface area contributed by atoms with E-state index >= 15 is 0 Å². The number of nitriles is 1. The third kappa shape index (κ3) is 4.21. The van der Waals surface area contributed by atoms with Crippen LogP contribution in [0.15, 0.2) is 67.0 Å². The van der Waals surface area contributed by atoms with Crippen molar-refractivity contribution < 1.29 is 8.42 Å². The standard InChI is InChI=1S/C22H21N3O2S/c1-3-28(26,27)25(16-19-6-5-11-24-15-19)21-8-4-7-20(13-21)22-10-9-18(14-23)12-17(22)2/h4-13,15H,3,16H2,1-2H3. The minimum absolute atomic E-state index is 0.00733. The van der Waals surface area contributed by atoms with Crippen LogP contribution < -0.4 is 4.31 Å². The van der Waals surface area contributed by atoms with Gasteiger partial charge in [-0.15, -0.1) is 0 Å². The molecule has 142 valence electrons. The first kappa shape index (κ1) is 19.6. The molecule has 2 aromatic carbocycles. The van der Waals surface area contributed by atoms with E-state index < -0.39 is 10.0 Å². The summed E-state index contributed by atoms with van der Waals surface area (Å²) in [4.78, 5) is 4.08. The predicted molar refractivity (Wildman–Crippen MR) is 111 cm³/mol. The first-order chi connectivity index (χ1) is 13.4. The maximum atomic E-state index is 12.8. The summed E-state index contributed by atoms with van der Waals surface area (Å²) in [5.74, 6) is 0.00733. The highest BCUT2D eigenvalue weighted by atomic mass is 32.2. The summed E-state index contributed by atoms with van der Waals surface area (Å²) in [6.07, 6.45) is 3.34. The molecule has 0 amide bonds. The number of hydrogen-bond donors (Lipinski definition) is 0. The van der Waals surface area contributed by atoms with Crippen molar-refractivity contribution in [2.75, 3.05) is 10.1 Å². The zero-order valence-electron chi connectivity index (χ0n) is 15.8. The first-order valence-corrected chi connectivity index (χ1v) is 10.6. The van der Waals surface area contributed by atoms with E-state index in [9.17, 15) is 8.42 Å². The number of pyridine rings is 1. The van der Waals surface area contributed by atoms with Crippen LogP contribution in [0.4, 0.5) is 5.69 Å². The zero-order chi connectivity index (χ0) is 20.1. The Morgan fingerprint density at radius 3 is 2.57 bits per heavy atom. The van der Waals surface area contributed by atoms with Gasteiger partial charge in [0.1, 0.15) is 0 Å². The normalized spacial score (nSPS) is 11.0. The zero-order valence-corrected chi connectivity index (χ0v) is 16.6. The molecular weight excluding hydrogens is 370 g/mol. The van der Waals surface area contributed by atoms with Gasteiger partial charge in [0.2, 0.25) is 10.0 Å². The molecule has 0 aliphatic rings. The van der Waals surface area contributed by atoms with Crippen LogP contribution in [0, 0.1) is 18.3 Å². The Kier molecular flexibility index (Phi) is 5.76. The van der Waals surface area contributed by atoms with Gasteiger partial charge in [-0.25, -0.2) is 8.42 Å². The minimum atomic E-state index is -3.47. The van der Waals surface area contributed by atoms with Gasteiger partial charge in [-0.2, -0.15) is 5.26 Å². The van der Waals surface area contributed by atoms with Crippen molar-refractivity contribution in [3.63, 3.8) is 0 Å². The van der Waals surface area contributed by atoms with Gasteiger partial charge in [-0.1, -0.05) is 24.3 Å². The average molecular weight is 391 g/mol. The maximum absolute atomic E-state index is 12.8. The summed E-state index contributed by atoms with van der Waals surface area (Å²) >= 11 is 0. The van der Waals surface area contributed by atoms with Crippen molar-refractivity contribution in [2.45, 2.75) is 20.4 Å². The quantitative estimate of drug-likeness (QED) is 0.628. The smallest absolute Gasteiger partial charge is 0.235 e. The lowest BCUT2D eigenvalue weighted by Crippen LogP contribution is -2.31. The predicted octanol–water partition coefficient (Wildman–Crippen LogP) is 4.29. The van der Waals surface area contributed by atoms with Crippen LogP contribution in [0.3, 0.4) is 0 Å². The Hall–Kier alpha value is -3.17. The number of anilines is 1. The molecule has 0 saturated heterocycles. The molecule has 3 rings (SSSR count). The van der Waals surface area contributed by atoms with Crippen LogP contribution in [-0.2, 0) is 16.6 Å². The van der Waals surface area contributed by atoms with E-state index in [1.165, 1.54) is 4.31 Å². The summed E-state index contributed by atoms with van der Waals surface area (Å²) in [6, 6.07) is 18.8. The van der Waals surface area contributed by atoms with Crippen molar-refractivity contribution in [3.05, 3.63) is 83.7 Å². The van der Waals surface area contributed by atoms with E-state index in [4.69, 9.17) is 5.26 Å². The molecule has 0 N–H and O–H groups in total. The molecule has 1 heterocycles. The molecule has 0 aliphatic heterocycles. The van der Waals surface area contributed by atoms with E-state index in [0.717, 1.165) is 22.3 Å². The molecule has 0 aliphatic carbocycles. The molecular formula is C22H21N3O2S. The van der Waals surface area contributed by atoms with E-state index in [1.807, 2.05) is 43.3 Å². The second-order valence-corrected chi connectivity index (χ2v) is 8.64. The van der Waals surface area contributed by atoms with Gasteiger partial charge in [0.05, 0.1) is 29.6 Å². The van der Waals surface area contributed by atoms with Gasteiger partial charge in [0.15, 0.2) is 0 Å². The highest BCUT2D eigenvalue weighted by Crippen LogP contribution is 2.30. The van der Waals surface area contributed by atoms with Gasteiger partial charge in [-0.3, -0.25) is 9.29 Å². The Labute approximate surface area is 166 Å². The molecule has 1 aromatic heterocycles. The molecule has 0 unspecified atom stereocenters. The van der Waals surface area contributed by atoms with Crippen molar-refractivity contribution in [1.82, 2.24) is 4.98 Å². The molecule has 6 heteroatoms. The lowest BCUT2D eigenvalue weighted by Gasteiger charge is -2.24. The monoisotopic (exact) mass is 391 g/mol. The van der Waals surface area contributed by atoms with Crippen LogP contribution in [0.2, 0.25) is 0 Å². The highest BCUT2D eigenvalue weighted by Gasteiger charge is 2.21. The molecule has 28 heavy (non-hydrogen) atoms. The Morgan fingerprint density at radius 2 is 1.93 bits per heavy atom. The largest absolute Gasteiger partial charge is 0.266 e. The highest BCUT2D eigenvalue weighted by molar-refractivity contribution is 7.92. The lowest BCUT2D eigenvalue weighted by atomic mass is 9.98. The van der Waals surface area contributed by atoms with Gasteiger partial charge in [0.25, 0.3) is 0 Å². The topological polar surface area (TPSA) is 74.1 Å². The molecule has 0 radical (unpaired) electrons. The molecule has 0 saturated carbocycles. The van der Waals surface area contributed by atoms with E-state index in [2.05, 4.69) is 11.1 Å².